The quantitative estimate of drug-likeness (QED) is 0.857. The van der Waals surface area contributed by atoms with E-state index in [1.54, 1.807) is 6.07 Å². The number of benzene rings is 1. The van der Waals surface area contributed by atoms with Crippen LogP contribution in [0.5, 0.6) is 0 Å². The number of rotatable bonds is 1. The lowest BCUT2D eigenvalue weighted by Crippen LogP contribution is -2.48. The highest BCUT2D eigenvalue weighted by molar-refractivity contribution is 6.34. The van der Waals surface area contributed by atoms with Crippen molar-refractivity contribution in [3.05, 3.63) is 34.6 Å². The van der Waals surface area contributed by atoms with Gasteiger partial charge < -0.3 is 10.2 Å². The van der Waals surface area contributed by atoms with Gasteiger partial charge in [-0.05, 0) is 30.9 Å². The van der Waals surface area contributed by atoms with Crippen molar-refractivity contribution in [1.29, 1.82) is 0 Å². The van der Waals surface area contributed by atoms with Gasteiger partial charge in [0.05, 0.1) is 10.6 Å². The second kappa shape index (κ2) is 5.10. The predicted octanol–water partition coefficient (Wildman–Crippen LogP) is 2.30. The van der Waals surface area contributed by atoms with Gasteiger partial charge in [-0.3, -0.25) is 4.79 Å². The summed E-state index contributed by atoms with van der Waals surface area (Å²) in [6, 6.07) is 4.62. The van der Waals surface area contributed by atoms with Gasteiger partial charge in [0.2, 0.25) is 0 Å². The van der Waals surface area contributed by atoms with E-state index in [1.807, 2.05) is 4.90 Å². The zero-order chi connectivity index (χ0) is 13.4. The van der Waals surface area contributed by atoms with Crippen molar-refractivity contribution < 1.29 is 9.18 Å². The molecule has 19 heavy (non-hydrogen) atoms. The van der Waals surface area contributed by atoms with Crippen molar-refractivity contribution in [2.24, 2.45) is 5.92 Å². The summed E-state index contributed by atoms with van der Waals surface area (Å²) in [5, 5.41) is 3.26. The Kier molecular flexibility index (Phi) is 3.46. The Morgan fingerprint density at radius 1 is 1.42 bits per heavy atom. The molecule has 0 bridgehead atoms. The molecule has 102 valence electrons. The lowest BCUT2D eigenvalue weighted by Gasteiger charge is -2.37. The summed E-state index contributed by atoms with van der Waals surface area (Å²) >= 11 is 5.91. The van der Waals surface area contributed by atoms with Gasteiger partial charge in [0.1, 0.15) is 5.82 Å². The molecule has 3 nitrogen and oxygen atoms in total. The van der Waals surface area contributed by atoms with Gasteiger partial charge in [0.25, 0.3) is 5.91 Å². The van der Waals surface area contributed by atoms with Gasteiger partial charge in [-0.1, -0.05) is 17.7 Å². The van der Waals surface area contributed by atoms with E-state index in [2.05, 4.69) is 5.32 Å². The first kappa shape index (κ1) is 12.9. The number of nitrogens with one attached hydrogen (secondary N) is 1. The third-order valence-electron chi connectivity index (χ3n) is 4.12. The normalized spacial score (nSPS) is 26.3. The number of carbonyl (C=O) groups is 1. The van der Waals surface area contributed by atoms with Crippen LogP contribution in [-0.4, -0.2) is 36.5 Å². The molecule has 2 atom stereocenters. The van der Waals surface area contributed by atoms with E-state index in [1.165, 1.54) is 12.1 Å². The molecule has 2 heterocycles. The van der Waals surface area contributed by atoms with E-state index < -0.39 is 5.82 Å². The molecular weight excluding hydrogens is 267 g/mol. The van der Waals surface area contributed by atoms with Crippen LogP contribution in [0, 0.1) is 11.7 Å². The first-order valence-electron chi connectivity index (χ1n) is 6.64. The molecule has 5 heteroatoms. The lowest BCUT2D eigenvalue weighted by molar-refractivity contribution is 0.0574. The standard InChI is InChI=1S/C14H16ClFN2O/c15-13-10(4-1-5-11(13)16)14(19)18-6-2-3-9-7-17-8-12(9)18/h1,4-5,9,12,17H,2-3,6-8H2. The monoisotopic (exact) mass is 282 g/mol. The Morgan fingerprint density at radius 3 is 3.11 bits per heavy atom. The number of piperidine rings is 1. The molecule has 0 radical (unpaired) electrons. The van der Waals surface area contributed by atoms with Crippen molar-refractivity contribution in [3.63, 3.8) is 0 Å². The summed E-state index contributed by atoms with van der Waals surface area (Å²) in [6.45, 7) is 2.52. The minimum absolute atomic E-state index is 0.0689. The maximum atomic E-state index is 13.5. The highest BCUT2D eigenvalue weighted by Crippen LogP contribution is 2.29. The molecule has 0 spiro atoms. The molecular formula is C14H16ClFN2O. The number of halogens is 2. The molecule has 1 N–H and O–H groups in total. The van der Waals surface area contributed by atoms with E-state index in [0.29, 0.717) is 5.92 Å². The second-order valence-electron chi connectivity index (χ2n) is 5.23. The maximum absolute atomic E-state index is 13.5. The van der Waals surface area contributed by atoms with Crippen molar-refractivity contribution in [2.45, 2.75) is 18.9 Å². The van der Waals surface area contributed by atoms with E-state index in [4.69, 9.17) is 11.6 Å². The average molecular weight is 283 g/mol. The number of hydrogen-bond donors (Lipinski definition) is 1. The lowest BCUT2D eigenvalue weighted by atomic mass is 9.91. The van der Waals surface area contributed by atoms with Crippen LogP contribution in [0.2, 0.25) is 5.02 Å². The second-order valence-corrected chi connectivity index (χ2v) is 5.61. The fourth-order valence-corrected chi connectivity index (χ4v) is 3.35. The summed E-state index contributed by atoms with van der Waals surface area (Å²) < 4.78 is 13.5. The first-order chi connectivity index (χ1) is 9.18. The molecule has 1 aromatic carbocycles. The minimum Gasteiger partial charge on any atom is -0.334 e. The predicted molar refractivity (Wildman–Crippen MR) is 71.8 cm³/mol. The molecule has 0 aliphatic carbocycles. The molecule has 0 aromatic heterocycles. The zero-order valence-electron chi connectivity index (χ0n) is 10.5. The molecule has 1 amide bonds. The largest absolute Gasteiger partial charge is 0.334 e. The number of hydrogen-bond acceptors (Lipinski definition) is 2. The fraction of sp³-hybridized carbons (Fsp3) is 0.500. The molecule has 2 aliphatic heterocycles. The van der Waals surface area contributed by atoms with E-state index in [0.717, 1.165) is 32.5 Å². The Morgan fingerprint density at radius 2 is 2.26 bits per heavy atom. The SMILES string of the molecule is O=C(c1cccc(F)c1Cl)N1CCCC2CNCC21. The molecule has 3 rings (SSSR count). The Balaban J connectivity index is 1.88. The van der Waals surface area contributed by atoms with Gasteiger partial charge in [-0.2, -0.15) is 0 Å². The smallest absolute Gasteiger partial charge is 0.255 e. The van der Waals surface area contributed by atoms with E-state index in [-0.39, 0.29) is 22.5 Å². The molecule has 2 aliphatic rings. The first-order valence-corrected chi connectivity index (χ1v) is 7.02. The van der Waals surface area contributed by atoms with E-state index >= 15 is 0 Å². The highest BCUT2D eigenvalue weighted by atomic mass is 35.5. The van der Waals surface area contributed by atoms with Crippen LogP contribution in [0.4, 0.5) is 4.39 Å². The third kappa shape index (κ3) is 2.23. The number of likely N-dealkylation sites (tertiary alicyclic amines) is 1. The van der Waals surface area contributed by atoms with Gasteiger partial charge in [-0.15, -0.1) is 0 Å². The Hall–Kier alpha value is -1.13. The Bertz CT molecular complexity index is 508. The van der Waals surface area contributed by atoms with Crippen molar-refractivity contribution in [1.82, 2.24) is 10.2 Å². The number of fused-ring (bicyclic) bond motifs is 1. The number of nitrogens with zero attached hydrogens (tertiary/aromatic N) is 1. The topological polar surface area (TPSA) is 32.3 Å². The summed E-state index contributed by atoms with van der Waals surface area (Å²) in [6.07, 6.45) is 2.15. The van der Waals surface area contributed by atoms with Gasteiger partial charge in [0.15, 0.2) is 0 Å². The van der Waals surface area contributed by atoms with Crippen LogP contribution in [0.25, 0.3) is 0 Å². The summed E-state index contributed by atoms with van der Waals surface area (Å²) in [5.41, 5.74) is 0.272. The third-order valence-corrected chi connectivity index (χ3v) is 4.51. The summed E-state index contributed by atoms with van der Waals surface area (Å²) in [7, 11) is 0. The maximum Gasteiger partial charge on any atom is 0.255 e. The summed E-state index contributed by atoms with van der Waals surface area (Å²) in [5.74, 6) is -0.168. The van der Waals surface area contributed by atoms with Crippen LogP contribution < -0.4 is 5.32 Å². The number of amides is 1. The molecule has 2 fully saturated rings. The van der Waals surface area contributed by atoms with Crippen LogP contribution in [0.1, 0.15) is 23.2 Å². The zero-order valence-corrected chi connectivity index (χ0v) is 11.3. The van der Waals surface area contributed by atoms with Gasteiger partial charge in [-0.25, -0.2) is 4.39 Å². The molecule has 1 aromatic rings. The average Bonchev–Trinajstić information content (AvgIpc) is 2.89. The van der Waals surface area contributed by atoms with Crippen molar-refractivity contribution >= 4 is 17.5 Å². The highest BCUT2D eigenvalue weighted by Gasteiger charge is 2.38. The van der Waals surface area contributed by atoms with Crippen molar-refractivity contribution in [3.8, 4) is 0 Å². The molecule has 2 saturated heterocycles. The van der Waals surface area contributed by atoms with Crippen LogP contribution >= 0.6 is 11.6 Å². The summed E-state index contributed by atoms with van der Waals surface area (Å²) in [4.78, 5) is 14.4. The van der Waals surface area contributed by atoms with Crippen molar-refractivity contribution in [2.75, 3.05) is 19.6 Å². The number of carbonyl (C=O) groups excluding carboxylic acids is 1. The van der Waals surface area contributed by atoms with Gasteiger partial charge >= 0.3 is 0 Å². The molecule has 2 unspecified atom stereocenters. The molecule has 0 saturated carbocycles. The van der Waals surface area contributed by atoms with Crippen LogP contribution in [-0.2, 0) is 0 Å². The Labute approximate surface area is 116 Å². The van der Waals surface area contributed by atoms with Crippen LogP contribution in [0.3, 0.4) is 0 Å². The van der Waals surface area contributed by atoms with Gasteiger partial charge in [0, 0.05) is 25.7 Å². The van der Waals surface area contributed by atoms with Crippen LogP contribution in [0.15, 0.2) is 18.2 Å². The fourth-order valence-electron chi connectivity index (χ4n) is 3.14. The van der Waals surface area contributed by atoms with E-state index in [9.17, 15) is 9.18 Å². The minimum atomic E-state index is -0.536.